The Kier molecular flexibility index (Phi) is 6.36. The average molecular weight is 305 g/mol. The average Bonchev–Trinajstić information content (AvgIpc) is 3.18. The first-order valence-corrected chi connectivity index (χ1v) is 6.50. The van der Waals surface area contributed by atoms with Crippen LogP contribution < -0.4 is 10.6 Å². The van der Waals surface area contributed by atoms with E-state index in [1.165, 1.54) is 6.07 Å². The van der Waals surface area contributed by atoms with Crippen LogP contribution in [0.2, 0.25) is 0 Å². The molecule has 1 aromatic carbocycles. The molecule has 2 rings (SSSR count). The predicted molar refractivity (Wildman–Crippen MR) is 76.0 cm³/mol. The molecule has 1 aromatic rings. The maximum absolute atomic E-state index is 13.1. The molecule has 0 spiro atoms. The number of rotatable bonds is 6. The zero-order valence-corrected chi connectivity index (χ0v) is 12.1. The molecular formula is C14H19ClF2N2O. The molecule has 0 radical (unpaired) electrons. The van der Waals surface area contributed by atoms with Crippen molar-refractivity contribution >= 4 is 18.3 Å². The summed E-state index contributed by atoms with van der Waals surface area (Å²) in [6.45, 7) is 1.50. The highest BCUT2D eigenvalue weighted by molar-refractivity contribution is 5.85. The zero-order valence-electron chi connectivity index (χ0n) is 11.3. The van der Waals surface area contributed by atoms with E-state index in [4.69, 9.17) is 0 Å². The quantitative estimate of drug-likeness (QED) is 0.791. The van der Waals surface area contributed by atoms with Crippen molar-refractivity contribution in [3.8, 4) is 0 Å². The second kappa shape index (κ2) is 7.55. The van der Waals surface area contributed by atoms with Gasteiger partial charge in [-0.3, -0.25) is 4.79 Å². The van der Waals surface area contributed by atoms with Crippen molar-refractivity contribution in [1.82, 2.24) is 10.6 Å². The van der Waals surface area contributed by atoms with Crippen LogP contribution in [0.1, 0.15) is 24.3 Å². The lowest BCUT2D eigenvalue weighted by atomic mass is 10.1. The SMILES string of the molecule is CNCCCNC(=O)C1CC1c1ccc(F)c(F)c1.Cl. The van der Waals surface area contributed by atoms with Crippen LogP contribution in [0.4, 0.5) is 8.78 Å². The molecule has 112 valence electrons. The van der Waals surface area contributed by atoms with Crippen LogP contribution in [-0.2, 0) is 4.79 Å². The Bertz CT molecular complexity index is 470. The van der Waals surface area contributed by atoms with Crippen molar-refractivity contribution < 1.29 is 13.6 Å². The lowest BCUT2D eigenvalue weighted by molar-refractivity contribution is -0.122. The molecule has 1 saturated carbocycles. The van der Waals surface area contributed by atoms with Crippen LogP contribution >= 0.6 is 12.4 Å². The first-order valence-electron chi connectivity index (χ1n) is 6.50. The Morgan fingerprint density at radius 1 is 1.30 bits per heavy atom. The summed E-state index contributed by atoms with van der Waals surface area (Å²) in [6, 6.07) is 3.86. The molecule has 0 bridgehead atoms. The van der Waals surface area contributed by atoms with Gasteiger partial charge in [0.05, 0.1) is 0 Å². The second-order valence-electron chi connectivity index (χ2n) is 4.87. The third kappa shape index (κ3) is 4.15. The number of carbonyl (C=O) groups excluding carboxylic acids is 1. The minimum absolute atomic E-state index is 0. The summed E-state index contributed by atoms with van der Waals surface area (Å²) in [5.74, 6) is -1.76. The molecule has 0 saturated heterocycles. The number of hydrogen-bond acceptors (Lipinski definition) is 2. The summed E-state index contributed by atoms with van der Waals surface area (Å²) in [5.41, 5.74) is 0.703. The first kappa shape index (κ1) is 16.9. The standard InChI is InChI=1S/C14H18F2N2O.ClH/c1-17-5-2-6-18-14(19)11-8-10(11)9-3-4-12(15)13(16)7-9;/h3-4,7,10-11,17H,2,5-6,8H2,1H3,(H,18,19);1H. The van der Waals surface area contributed by atoms with E-state index in [0.717, 1.165) is 19.0 Å². The smallest absolute Gasteiger partial charge is 0.223 e. The Morgan fingerprint density at radius 3 is 2.70 bits per heavy atom. The van der Waals surface area contributed by atoms with Gasteiger partial charge in [0, 0.05) is 12.5 Å². The summed E-state index contributed by atoms with van der Waals surface area (Å²) < 4.78 is 25.9. The summed E-state index contributed by atoms with van der Waals surface area (Å²) in [5, 5.41) is 5.86. The van der Waals surface area contributed by atoms with Crippen LogP contribution in [0.3, 0.4) is 0 Å². The molecule has 20 heavy (non-hydrogen) atoms. The Balaban J connectivity index is 0.00000200. The van der Waals surface area contributed by atoms with E-state index in [9.17, 15) is 13.6 Å². The van der Waals surface area contributed by atoms with Crippen molar-refractivity contribution in [3.63, 3.8) is 0 Å². The van der Waals surface area contributed by atoms with E-state index in [0.29, 0.717) is 18.5 Å². The van der Waals surface area contributed by atoms with E-state index in [1.807, 2.05) is 7.05 Å². The van der Waals surface area contributed by atoms with Gasteiger partial charge in [-0.05, 0) is 50.0 Å². The van der Waals surface area contributed by atoms with Crippen molar-refractivity contribution in [3.05, 3.63) is 35.4 Å². The molecule has 2 atom stereocenters. The summed E-state index contributed by atoms with van der Waals surface area (Å²) in [4.78, 5) is 11.8. The fraction of sp³-hybridized carbons (Fsp3) is 0.500. The number of nitrogens with one attached hydrogen (secondary N) is 2. The van der Waals surface area contributed by atoms with Crippen molar-refractivity contribution in [2.24, 2.45) is 5.92 Å². The molecule has 1 aliphatic carbocycles. The predicted octanol–water partition coefficient (Wildman–Crippen LogP) is 2.22. The molecule has 0 aliphatic heterocycles. The molecule has 0 heterocycles. The van der Waals surface area contributed by atoms with Gasteiger partial charge in [-0.15, -0.1) is 12.4 Å². The highest BCUT2D eigenvalue weighted by Crippen LogP contribution is 2.47. The van der Waals surface area contributed by atoms with Gasteiger partial charge in [-0.2, -0.15) is 0 Å². The Morgan fingerprint density at radius 2 is 2.05 bits per heavy atom. The van der Waals surface area contributed by atoms with Crippen LogP contribution in [0, 0.1) is 17.6 Å². The summed E-state index contributed by atoms with van der Waals surface area (Å²) in [7, 11) is 1.86. The van der Waals surface area contributed by atoms with Crippen molar-refractivity contribution in [1.29, 1.82) is 0 Å². The molecule has 6 heteroatoms. The number of amides is 1. The van der Waals surface area contributed by atoms with E-state index < -0.39 is 11.6 Å². The fourth-order valence-electron chi connectivity index (χ4n) is 2.20. The van der Waals surface area contributed by atoms with Gasteiger partial charge in [0.1, 0.15) is 0 Å². The largest absolute Gasteiger partial charge is 0.356 e. The van der Waals surface area contributed by atoms with Crippen LogP contribution in [0.5, 0.6) is 0 Å². The van der Waals surface area contributed by atoms with Gasteiger partial charge in [-0.1, -0.05) is 6.07 Å². The van der Waals surface area contributed by atoms with Crippen LogP contribution in [-0.4, -0.2) is 26.0 Å². The summed E-state index contributed by atoms with van der Waals surface area (Å²) >= 11 is 0. The van der Waals surface area contributed by atoms with Gasteiger partial charge < -0.3 is 10.6 Å². The highest BCUT2D eigenvalue weighted by Gasteiger charge is 2.43. The Hall–Kier alpha value is -1.20. The number of carbonyl (C=O) groups is 1. The maximum Gasteiger partial charge on any atom is 0.223 e. The minimum Gasteiger partial charge on any atom is -0.356 e. The third-order valence-electron chi connectivity index (χ3n) is 3.40. The van der Waals surface area contributed by atoms with E-state index in [2.05, 4.69) is 10.6 Å². The molecule has 3 nitrogen and oxygen atoms in total. The third-order valence-corrected chi connectivity index (χ3v) is 3.40. The number of hydrogen-bond donors (Lipinski definition) is 2. The molecule has 2 N–H and O–H groups in total. The second-order valence-corrected chi connectivity index (χ2v) is 4.87. The fourth-order valence-corrected chi connectivity index (χ4v) is 2.20. The Labute approximate surface area is 123 Å². The van der Waals surface area contributed by atoms with Crippen LogP contribution in [0.15, 0.2) is 18.2 Å². The minimum atomic E-state index is -0.850. The monoisotopic (exact) mass is 304 g/mol. The van der Waals surface area contributed by atoms with Gasteiger partial charge in [0.15, 0.2) is 11.6 Å². The molecule has 1 amide bonds. The maximum atomic E-state index is 13.1. The van der Waals surface area contributed by atoms with Gasteiger partial charge in [-0.25, -0.2) is 8.78 Å². The first-order chi connectivity index (χ1) is 9.13. The molecule has 1 aliphatic rings. The van der Waals surface area contributed by atoms with E-state index >= 15 is 0 Å². The van der Waals surface area contributed by atoms with E-state index in [1.54, 1.807) is 6.07 Å². The van der Waals surface area contributed by atoms with E-state index in [-0.39, 0.29) is 30.2 Å². The number of benzene rings is 1. The highest BCUT2D eigenvalue weighted by atomic mass is 35.5. The van der Waals surface area contributed by atoms with Crippen molar-refractivity contribution in [2.75, 3.05) is 20.1 Å². The lowest BCUT2D eigenvalue weighted by Crippen LogP contribution is -2.28. The normalized spacial score (nSPS) is 20.1. The molecule has 2 unspecified atom stereocenters. The van der Waals surface area contributed by atoms with Gasteiger partial charge in [0.2, 0.25) is 5.91 Å². The summed E-state index contributed by atoms with van der Waals surface area (Å²) in [6.07, 6.45) is 1.59. The molecular weight excluding hydrogens is 286 g/mol. The molecule has 0 aromatic heterocycles. The van der Waals surface area contributed by atoms with Crippen molar-refractivity contribution in [2.45, 2.75) is 18.8 Å². The van der Waals surface area contributed by atoms with Gasteiger partial charge >= 0.3 is 0 Å². The number of halogens is 3. The van der Waals surface area contributed by atoms with Crippen LogP contribution in [0.25, 0.3) is 0 Å². The molecule has 1 fully saturated rings. The zero-order chi connectivity index (χ0) is 13.8. The van der Waals surface area contributed by atoms with Gasteiger partial charge in [0.25, 0.3) is 0 Å². The lowest BCUT2D eigenvalue weighted by Gasteiger charge is -2.05. The topological polar surface area (TPSA) is 41.1 Å².